The summed E-state index contributed by atoms with van der Waals surface area (Å²) < 4.78 is 0. The molecule has 2 nitrogen and oxygen atoms in total. The minimum Gasteiger partial charge on any atom is -0.327 e. The molecule has 50 valence electrons. The van der Waals surface area contributed by atoms with Gasteiger partial charge in [-0.1, -0.05) is 0 Å². The second-order valence-corrected chi connectivity index (χ2v) is 21.1. The van der Waals surface area contributed by atoms with E-state index in [1.807, 2.05) is 0 Å². The average molecular weight is 230 g/mol. The summed E-state index contributed by atoms with van der Waals surface area (Å²) in [6.45, 7) is 0. The Morgan fingerprint density at radius 2 is 1.00 bits per heavy atom. The quantitative estimate of drug-likeness (QED) is 0.517. The van der Waals surface area contributed by atoms with Crippen LogP contribution >= 0.6 is 44.3 Å². The maximum atomic E-state index is 5.37. The molecule has 0 aliphatic rings. The van der Waals surface area contributed by atoms with Crippen molar-refractivity contribution in [1.82, 2.24) is 0 Å². The summed E-state index contributed by atoms with van der Waals surface area (Å²) in [5.74, 6) is 0. The van der Waals surface area contributed by atoms with E-state index >= 15 is 0 Å². The summed E-state index contributed by atoms with van der Waals surface area (Å²) in [7, 11) is -2.95. The molecule has 8 heavy (non-hydrogen) atoms. The van der Waals surface area contributed by atoms with Crippen molar-refractivity contribution in [2.75, 3.05) is 0 Å². The Balaban J connectivity index is 4.02. The molecule has 0 heterocycles. The summed E-state index contributed by atoms with van der Waals surface area (Å²) in [6, 6.07) is 0. The Morgan fingerprint density at radius 1 is 0.875 bits per heavy atom. The minimum absolute atomic E-state index is 2.95. The molecule has 0 aromatic heterocycles. The fraction of sp³-hybridized carbons (Fsp3) is 0. The Labute approximate surface area is 67.8 Å². The van der Waals surface area contributed by atoms with Gasteiger partial charge in [-0.15, -0.1) is 44.3 Å². The lowest BCUT2D eigenvalue weighted by atomic mass is 13.9. The molecule has 0 bridgehead atoms. The van der Waals surface area contributed by atoms with Gasteiger partial charge in [-0.05, 0) is 0 Å². The van der Waals surface area contributed by atoms with Crippen LogP contribution in [0, 0.1) is 0 Å². The van der Waals surface area contributed by atoms with E-state index in [-0.39, 0.29) is 0 Å². The number of hydrogen-bond acceptors (Lipinski definition) is 2. The first-order chi connectivity index (χ1) is 3.25. The zero-order valence-electron chi connectivity index (χ0n) is 3.67. The van der Waals surface area contributed by atoms with Crippen LogP contribution < -0.4 is 10.8 Å². The molecule has 0 aliphatic heterocycles. The summed E-state index contributed by atoms with van der Waals surface area (Å²) in [5.41, 5.74) is -2.98. The Morgan fingerprint density at radius 3 is 1.00 bits per heavy atom. The molecule has 0 fully saturated rings. The SMILES string of the molecule is N[Si](N)(Cl)[Si](Cl)(Cl)Cl. The second-order valence-electron chi connectivity index (χ2n) is 1.27. The molecule has 4 N–H and O–H groups in total. The van der Waals surface area contributed by atoms with Crippen LogP contribution in [-0.4, -0.2) is 12.7 Å². The molecular formula is H4Cl4N2Si2. The van der Waals surface area contributed by atoms with E-state index in [2.05, 4.69) is 0 Å². The first kappa shape index (κ1) is 9.51. The highest BCUT2D eigenvalue weighted by molar-refractivity contribution is 7.94. The van der Waals surface area contributed by atoms with E-state index in [0.29, 0.717) is 0 Å². The normalized spacial score (nSPS) is 14.2. The largest absolute Gasteiger partial charge is 0.376 e. The van der Waals surface area contributed by atoms with Crippen LogP contribution in [0.15, 0.2) is 0 Å². The Hall–Kier alpha value is 1.51. The van der Waals surface area contributed by atoms with Crippen molar-refractivity contribution in [2.45, 2.75) is 0 Å². The van der Waals surface area contributed by atoms with E-state index in [1.54, 1.807) is 0 Å². The topological polar surface area (TPSA) is 52.0 Å². The van der Waals surface area contributed by atoms with Crippen LogP contribution in [0.4, 0.5) is 0 Å². The third kappa shape index (κ3) is 2.88. The smallest absolute Gasteiger partial charge is 0.327 e. The van der Waals surface area contributed by atoms with Crippen LogP contribution in [-0.2, 0) is 0 Å². The van der Waals surface area contributed by atoms with E-state index in [1.165, 1.54) is 0 Å². The number of nitrogens with two attached hydrogens (primary N) is 2. The summed E-state index contributed by atoms with van der Waals surface area (Å²) in [6.07, 6.45) is 0. The van der Waals surface area contributed by atoms with E-state index in [9.17, 15) is 0 Å². The van der Waals surface area contributed by atoms with Gasteiger partial charge < -0.3 is 10.8 Å². The molecule has 0 spiro atoms. The zero-order valence-corrected chi connectivity index (χ0v) is 8.69. The lowest BCUT2D eigenvalue weighted by molar-refractivity contribution is 1.70. The van der Waals surface area contributed by atoms with E-state index in [4.69, 9.17) is 55.1 Å². The van der Waals surface area contributed by atoms with Gasteiger partial charge in [0, 0.05) is 0 Å². The van der Waals surface area contributed by atoms with Crippen molar-refractivity contribution in [3.63, 3.8) is 0 Å². The van der Waals surface area contributed by atoms with Crippen molar-refractivity contribution < 1.29 is 0 Å². The van der Waals surface area contributed by atoms with Crippen molar-refractivity contribution in [1.29, 1.82) is 0 Å². The number of halogens is 4. The van der Waals surface area contributed by atoms with Gasteiger partial charge in [0.15, 0.2) is 0 Å². The summed E-state index contributed by atoms with van der Waals surface area (Å²) in [5, 5.41) is 10.3. The van der Waals surface area contributed by atoms with Gasteiger partial charge in [-0.2, -0.15) is 0 Å². The number of hydrogen-bond donors (Lipinski definition) is 2. The van der Waals surface area contributed by atoms with E-state index < -0.39 is 12.7 Å². The van der Waals surface area contributed by atoms with Crippen LogP contribution in [0.5, 0.6) is 0 Å². The molecule has 0 aromatic rings. The molecule has 0 aromatic carbocycles. The van der Waals surface area contributed by atoms with Gasteiger partial charge in [0.2, 0.25) is 0 Å². The highest BCUT2D eigenvalue weighted by atomic mass is 35.9. The molecule has 0 aliphatic carbocycles. The van der Waals surface area contributed by atoms with Crippen molar-refractivity contribution >= 4 is 57.1 Å². The number of rotatable bonds is 1. The maximum absolute atomic E-state index is 5.37. The predicted molar refractivity (Wildman–Crippen MR) is 43.3 cm³/mol. The maximum Gasteiger partial charge on any atom is 0.376 e. The molecule has 0 amide bonds. The summed E-state index contributed by atoms with van der Waals surface area (Å²) in [4.78, 5) is 0. The van der Waals surface area contributed by atoms with Gasteiger partial charge in [0.25, 0.3) is 0 Å². The Bertz CT molecular complexity index is 67.0. The third-order valence-electron chi connectivity index (χ3n) is 0.434. The average Bonchev–Trinajstić information content (AvgIpc) is 1.25. The standard InChI is InChI=1S/Cl4H4N2Si2/c1-7(2,3)8(4,5)6/h5-6H2. The van der Waals surface area contributed by atoms with Crippen LogP contribution in [0.2, 0.25) is 0 Å². The van der Waals surface area contributed by atoms with Crippen LogP contribution in [0.1, 0.15) is 0 Å². The minimum atomic E-state index is -2.98. The first-order valence-electron chi connectivity index (χ1n) is 1.58. The zero-order chi connectivity index (χ0) is 7.00. The molecule has 0 rings (SSSR count). The lowest BCUT2D eigenvalue weighted by Gasteiger charge is -2.17. The molecule has 0 radical (unpaired) electrons. The molecule has 0 saturated carbocycles. The van der Waals surface area contributed by atoms with Crippen LogP contribution in [0.25, 0.3) is 0 Å². The predicted octanol–water partition coefficient (Wildman–Crippen LogP) is 0.815. The van der Waals surface area contributed by atoms with E-state index in [0.717, 1.165) is 0 Å². The van der Waals surface area contributed by atoms with Gasteiger partial charge in [-0.3, -0.25) is 0 Å². The van der Waals surface area contributed by atoms with Gasteiger partial charge in [-0.25, -0.2) is 0 Å². The first-order valence-corrected chi connectivity index (χ1v) is 10.8. The monoisotopic (exact) mass is 228 g/mol. The van der Waals surface area contributed by atoms with Gasteiger partial charge in [0.1, 0.15) is 0 Å². The molecule has 0 atom stereocenters. The van der Waals surface area contributed by atoms with Gasteiger partial charge in [0.05, 0.1) is 0 Å². The summed E-state index contributed by atoms with van der Waals surface area (Å²) >= 11 is 21.4. The third-order valence-corrected chi connectivity index (χ3v) is 17.5. The van der Waals surface area contributed by atoms with Crippen molar-refractivity contribution in [2.24, 2.45) is 10.8 Å². The van der Waals surface area contributed by atoms with Crippen molar-refractivity contribution in [3.05, 3.63) is 0 Å². The highest BCUT2D eigenvalue weighted by Crippen LogP contribution is 2.26. The second kappa shape index (κ2) is 2.63. The molecule has 0 saturated heterocycles. The van der Waals surface area contributed by atoms with Gasteiger partial charge >= 0.3 is 12.7 Å². The molecule has 0 unspecified atom stereocenters. The molecular weight excluding hydrogens is 226 g/mol. The highest BCUT2D eigenvalue weighted by Gasteiger charge is 2.48. The molecule has 8 heteroatoms. The van der Waals surface area contributed by atoms with Crippen molar-refractivity contribution in [3.8, 4) is 0 Å². The lowest BCUT2D eigenvalue weighted by Crippen LogP contribution is -2.64. The fourth-order valence-corrected chi connectivity index (χ4v) is 0. The fourth-order valence-electron chi connectivity index (χ4n) is 0. The Kier molecular flexibility index (Phi) is 3.13. The van der Waals surface area contributed by atoms with Crippen LogP contribution in [0.3, 0.4) is 0 Å².